The summed E-state index contributed by atoms with van der Waals surface area (Å²) < 4.78 is 6.92. The van der Waals surface area contributed by atoms with Crippen molar-refractivity contribution in [2.24, 2.45) is 7.05 Å². The second kappa shape index (κ2) is 7.53. The number of urea groups is 1. The van der Waals surface area contributed by atoms with Gasteiger partial charge in [-0.2, -0.15) is 5.10 Å². The standard InChI is InChI=1S/C19H20N4O2/c1-23-17(15-8-4-3-5-9-15)12-18(22-23)21-19(24)20-13-14-7-6-10-16(11-14)25-2/h3-12H,13H2,1-2H3,(H2,20,21,22,24). The van der Waals surface area contributed by atoms with Crippen LogP contribution in [-0.4, -0.2) is 22.9 Å². The molecule has 1 aromatic heterocycles. The number of ether oxygens (including phenoxy) is 1. The minimum Gasteiger partial charge on any atom is -0.497 e. The molecule has 0 aliphatic heterocycles. The average Bonchev–Trinajstić information content (AvgIpc) is 3.01. The molecule has 0 bridgehead atoms. The zero-order valence-electron chi connectivity index (χ0n) is 14.2. The number of nitrogens with one attached hydrogen (secondary N) is 2. The van der Waals surface area contributed by atoms with Crippen LogP contribution in [0.4, 0.5) is 10.6 Å². The van der Waals surface area contributed by atoms with Crippen molar-refractivity contribution >= 4 is 11.8 Å². The van der Waals surface area contributed by atoms with Gasteiger partial charge in [-0.15, -0.1) is 0 Å². The molecule has 0 aliphatic carbocycles. The third-order valence-electron chi connectivity index (χ3n) is 3.78. The molecule has 0 radical (unpaired) electrons. The van der Waals surface area contributed by atoms with Gasteiger partial charge in [0.15, 0.2) is 5.82 Å². The lowest BCUT2D eigenvalue weighted by Crippen LogP contribution is -2.28. The SMILES string of the molecule is COc1cccc(CNC(=O)Nc2cc(-c3ccccc3)n(C)n2)c1. The van der Waals surface area contributed by atoms with Crippen LogP contribution in [0.5, 0.6) is 5.75 Å². The van der Waals surface area contributed by atoms with Gasteiger partial charge in [0.05, 0.1) is 12.8 Å². The van der Waals surface area contributed by atoms with Gasteiger partial charge in [-0.3, -0.25) is 10.00 Å². The first-order chi connectivity index (χ1) is 12.2. The Morgan fingerprint density at radius 3 is 2.68 bits per heavy atom. The van der Waals surface area contributed by atoms with E-state index in [0.717, 1.165) is 22.6 Å². The lowest BCUT2D eigenvalue weighted by molar-refractivity contribution is 0.251. The molecule has 25 heavy (non-hydrogen) atoms. The smallest absolute Gasteiger partial charge is 0.320 e. The molecule has 3 rings (SSSR count). The molecule has 1 heterocycles. The normalized spacial score (nSPS) is 10.3. The predicted molar refractivity (Wildman–Crippen MR) is 97.5 cm³/mol. The molecule has 0 saturated heterocycles. The number of benzene rings is 2. The fraction of sp³-hybridized carbons (Fsp3) is 0.158. The number of aryl methyl sites for hydroxylation is 1. The van der Waals surface area contributed by atoms with E-state index in [2.05, 4.69) is 15.7 Å². The fourth-order valence-corrected chi connectivity index (χ4v) is 2.53. The van der Waals surface area contributed by atoms with Crippen LogP contribution >= 0.6 is 0 Å². The summed E-state index contributed by atoms with van der Waals surface area (Å²) in [4.78, 5) is 12.1. The van der Waals surface area contributed by atoms with Crippen molar-refractivity contribution in [3.05, 3.63) is 66.2 Å². The minimum atomic E-state index is -0.305. The number of carbonyl (C=O) groups is 1. The number of aromatic nitrogens is 2. The summed E-state index contributed by atoms with van der Waals surface area (Å²) >= 11 is 0. The highest BCUT2D eigenvalue weighted by Crippen LogP contribution is 2.21. The zero-order chi connectivity index (χ0) is 17.6. The van der Waals surface area contributed by atoms with E-state index in [9.17, 15) is 4.79 Å². The number of methoxy groups -OCH3 is 1. The lowest BCUT2D eigenvalue weighted by Gasteiger charge is -2.07. The predicted octanol–water partition coefficient (Wildman–Crippen LogP) is 3.42. The number of carbonyl (C=O) groups excluding carboxylic acids is 1. The Kier molecular flexibility index (Phi) is 4.99. The summed E-state index contributed by atoms with van der Waals surface area (Å²) in [5, 5.41) is 9.90. The Hall–Kier alpha value is -3.28. The summed E-state index contributed by atoms with van der Waals surface area (Å²) in [6, 6.07) is 19.0. The van der Waals surface area contributed by atoms with E-state index >= 15 is 0 Å². The highest BCUT2D eigenvalue weighted by atomic mass is 16.5. The molecule has 0 saturated carbocycles. The highest BCUT2D eigenvalue weighted by Gasteiger charge is 2.09. The van der Waals surface area contributed by atoms with Gasteiger partial charge in [-0.1, -0.05) is 42.5 Å². The molecular formula is C19H20N4O2. The van der Waals surface area contributed by atoms with Crippen LogP contribution in [0.1, 0.15) is 5.56 Å². The number of hydrogen-bond acceptors (Lipinski definition) is 3. The van der Waals surface area contributed by atoms with E-state index in [4.69, 9.17) is 4.74 Å². The molecular weight excluding hydrogens is 316 g/mol. The van der Waals surface area contributed by atoms with Crippen LogP contribution in [0.3, 0.4) is 0 Å². The summed E-state index contributed by atoms with van der Waals surface area (Å²) in [6.07, 6.45) is 0. The molecule has 0 atom stereocenters. The van der Waals surface area contributed by atoms with Crippen LogP contribution in [0, 0.1) is 0 Å². The van der Waals surface area contributed by atoms with Crippen molar-refractivity contribution in [3.63, 3.8) is 0 Å². The van der Waals surface area contributed by atoms with Gasteiger partial charge in [-0.05, 0) is 23.3 Å². The summed E-state index contributed by atoms with van der Waals surface area (Å²) in [6.45, 7) is 0.404. The summed E-state index contributed by atoms with van der Waals surface area (Å²) in [5.74, 6) is 1.27. The largest absolute Gasteiger partial charge is 0.497 e. The van der Waals surface area contributed by atoms with Crippen LogP contribution in [0.2, 0.25) is 0 Å². The Morgan fingerprint density at radius 2 is 1.92 bits per heavy atom. The second-order valence-electron chi connectivity index (χ2n) is 5.56. The van der Waals surface area contributed by atoms with E-state index in [0.29, 0.717) is 12.4 Å². The molecule has 3 aromatic rings. The molecule has 6 heteroatoms. The molecule has 2 N–H and O–H groups in total. The van der Waals surface area contributed by atoms with Crippen molar-refractivity contribution in [1.82, 2.24) is 15.1 Å². The van der Waals surface area contributed by atoms with E-state index in [1.54, 1.807) is 11.8 Å². The molecule has 6 nitrogen and oxygen atoms in total. The quantitative estimate of drug-likeness (QED) is 0.750. The molecule has 0 spiro atoms. The van der Waals surface area contributed by atoms with Gasteiger partial charge in [-0.25, -0.2) is 4.79 Å². The van der Waals surface area contributed by atoms with Crippen molar-refractivity contribution in [2.45, 2.75) is 6.54 Å². The molecule has 2 amide bonds. The van der Waals surface area contributed by atoms with Crippen LogP contribution in [0.15, 0.2) is 60.7 Å². The first-order valence-electron chi connectivity index (χ1n) is 7.93. The van der Waals surface area contributed by atoms with Crippen LogP contribution in [-0.2, 0) is 13.6 Å². The van der Waals surface area contributed by atoms with Gasteiger partial charge >= 0.3 is 6.03 Å². The van der Waals surface area contributed by atoms with Crippen LogP contribution < -0.4 is 15.4 Å². The number of rotatable bonds is 5. The van der Waals surface area contributed by atoms with E-state index in [1.165, 1.54) is 0 Å². The first-order valence-corrected chi connectivity index (χ1v) is 7.93. The Morgan fingerprint density at radius 1 is 1.12 bits per heavy atom. The van der Waals surface area contributed by atoms with Crippen LogP contribution in [0.25, 0.3) is 11.3 Å². The van der Waals surface area contributed by atoms with Crippen molar-refractivity contribution in [3.8, 4) is 17.0 Å². The number of anilines is 1. The monoisotopic (exact) mass is 336 g/mol. The maximum atomic E-state index is 12.1. The van der Waals surface area contributed by atoms with Gasteiger partial charge in [0.1, 0.15) is 5.75 Å². The third-order valence-corrected chi connectivity index (χ3v) is 3.78. The number of amides is 2. The average molecular weight is 336 g/mol. The molecule has 0 unspecified atom stereocenters. The second-order valence-corrected chi connectivity index (χ2v) is 5.56. The summed E-state index contributed by atoms with van der Waals surface area (Å²) in [7, 11) is 3.46. The molecule has 128 valence electrons. The number of hydrogen-bond donors (Lipinski definition) is 2. The van der Waals surface area contributed by atoms with Gasteiger partial charge < -0.3 is 10.1 Å². The lowest BCUT2D eigenvalue weighted by atomic mass is 10.1. The summed E-state index contributed by atoms with van der Waals surface area (Å²) in [5.41, 5.74) is 2.94. The highest BCUT2D eigenvalue weighted by molar-refractivity contribution is 5.88. The Bertz CT molecular complexity index is 859. The van der Waals surface area contributed by atoms with Gasteiger partial charge in [0.25, 0.3) is 0 Å². The molecule has 2 aromatic carbocycles. The molecule has 0 fully saturated rings. The first kappa shape index (κ1) is 16.6. The van der Waals surface area contributed by atoms with E-state index < -0.39 is 0 Å². The molecule has 0 aliphatic rings. The van der Waals surface area contributed by atoms with E-state index in [-0.39, 0.29) is 6.03 Å². The van der Waals surface area contributed by atoms with Crippen molar-refractivity contribution < 1.29 is 9.53 Å². The van der Waals surface area contributed by atoms with Crippen molar-refractivity contribution in [2.75, 3.05) is 12.4 Å². The maximum Gasteiger partial charge on any atom is 0.320 e. The van der Waals surface area contributed by atoms with Gasteiger partial charge in [0.2, 0.25) is 0 Å². The zero-order valence-corrected chi connectivity index (χ0v) is 14.2. The Labute approximate surface area is 146 Å². The van der Waals surface area contributed by atoms with E-state index in [1.807, 2.05) is 67.7 Å². The Balaban J connectivity index is 1.61. The fourth-order valence-electron chi connectivity index (χ4n) is 2.53. The topological polar surface area (TPSA) is 68.2 Å². The minimum absolute atomic E-state index is 0.305. The maximum absolute atomic E-state index is 12.1. The number of nitrogens with zero attached hydrogens (tertiary/aromatic N) is 2. The van der Waals surface area contributed by atoms with Crippen molar-refractivity contribution in [1.29, 1.82) is 0 Å². The third kappa shape index (κ3) is 4.17. The van der Waals surface area contributed by atoms with Gasteiger partial charge in [0, 0.05) is 19.7 Å².